The topological polar surface area (TPSA) is 66.8 Å². The van der Waals surface area contributed by atoms with Crippen LogP contribution in [0, 0.1) is 0 Å². The van der Waals surface area contributed by atoms with Gasteiger partial charge in [0.25, 0.3) is 5.91 Å². The molecule has 0 radical (unpaired) electrons. The first-order valence-corrected chi connectivity index (χ1v) is 9.88. The Hall–Kier alpha value is -2.64. The molecule has 5 nitrogen and oxygen atoms in total. The van der Waals surface area contributed by atoms with E-state index in [-0.39, 0.29) is 24.0 Å². The van der Waals surface area contributed by atoms with Gasteiger partial charge in [0.1, 0.15) is 18.1 Å². The van der Waals surface area contributed by atoms with E-state index >= 15 is 0 Å². The highest BCUT2D eigenvalue weighted by Gasteiger charge is 2.31. The number of benzene rings is 2. The van der Waals surface area contributed by atoms with Crippen molar-refractivity contribution in [3.63, 3.8) is 0 Å². The third-order valence-corrected chi connectivity index (χ3v) is 5.65. The molecule has 28 heavy (non-hydrogen) atoms. The number of ketones is 1. The highest BCUT2D eigenvalue weighted by atomic mass is 32.2. The van der Waals surface area contributed by atoms with Crippen LogP contribution in [0.25, 0.3) is 0 Å². The number of rotatable bonds is 6. The Kier molecular flexibility index (Phi) is 5.86. The summed E-state index contributed by atoms with van der Waals surface area (Å²) in [6.45, 7) is 7.30. The molecule has 0 unspecified atom stereocenters. The van der Waals surface area contributed by atoms with Gasteiger partial charge in [-0.1, -0.05) is 43.5 Å². The number of nitrogens with zero attached hydrogens (tertiary/aromatic N) is 1. The standard InChI is InChI=1S/C21H19NO4S2/c1-4-17-14(5-10-18(12(2)23)19(17)24)11-26-16-8-6-15(7-9-16)22-20(25)13(3)28-21(22)27/h5-10,24H,3-4,11H2,1-2H3. The summed E-state index contributed by atoms with van der Waals surface area (Å²) in [5.74, 6) is 0.248. The van der Waals surface area contributed by atoms with Crippen LogP contribution in [-0.2, 0) is 17.8 Å². The Bertz CT molecular complexity index is 983. The monoisotopic (exact) mass is 413 g/mol. The summed E-state index contributed by atoms with van der Waals surface area (Å²) in [5, 5.41) is 10.3. The maximum absolute atomic E-state index is 12.1. The van der Waals surface area contributed by atoms with Gasteiger partial charge < -0.3 is 9.84 Å². The van der Waals surface area contributed by atoms with E-state index in [0.717, 1.165) is 5.56 Å². The number of thioether (sulfide) groups is 1. The molecule has 0 aliphatic carbocycles. The van der Waals surface area contributed by atoms with Crippen LogP contribution in [0.1, 0.15) is 35.3 Å². The SMILES string of the molecule is C=C1SC(=S)N(c2ccc(OCc3ccc(C(C)=O)c(O)c3CC)cc2)C1=O. The van der Waals surface area contributed by atoms with Crippen molar-refractivity contribution in [3.8, 4) is 11.5 Å². The Morgan fingerprint density at radius 2 is 1.93 bits per heavy atom. The van der Waals surface area contributed by atoms with Crippen LogP contribution in [0.3, 0.4) is 0 Å². The second-order valence-electron chi connectivity index (χ2n) is 6.22. The summed E-state index contributed by atoms with van der Waals surface area (Å²) in [4.78, 5) is 25.6. The summed E-state index contributed by atoms with van der Waals surface area (Å²) < 4.78 is 6.28. The van der Waals surface area contributed by atoms with Crippen molar-refractivity contribution >= 4 is 45.7 Å². The van der Waals surface area contributed by atoms with Crippen molar-refractivity contribution in [3.05, 3.63) is 64.6 Å². The molecule has 1 amide bonds. The zero-order valence-corrected chi connectivity index (χ0v) is 17.2. The lowest BCUT2D eigenvalue weighted by molar-refractivity contribution is -0.113. The predicted octanol–water partition coefficient (Wildman–Crippen LogP) is 4.61. The van der Waals surface area contributed by atoms with Gasteiger partial charge >= 0.3 is 0 Å². The number of carbonyl (C=O) groups excluding carboxylic acids is 2. The van der Waals surface area contributed by atoms with Gasteiger partial charge in [0.15, 0.2) is 10.1 Å². The minimum atomic E-state index is -0.211. The van der Waals surface area contributed by atoms with Gasteiger partial charge in [-0.3, -0.25) is 14.5 Å². The van der Waals surface area contributed by atoms with E-state index in [0.29, 0.717) is 38.2 Å². The number of Topliss-reactive ketones (excluding diaryl/α,β-unsaturated/α-hetero) is 1. The molecule has 1 saturated heterocycles. The normalized spacial score (nSPS) is 13.9. The molecule has 2 aromatic rings. The zero-order valence-electron chi connectivity index (χ0n) is 15.5. The number of aromatic hydroxyl groups is 1. The number of phenolic OH excluding ortho intramolecular Hbond substituents is 1. The van der Waals surface area contributed by atoms with E-state index in [9.17, 15) is 14.7 Å². The molecule has 0 aromatic heterocycles. The molecule has 0 saturated carbocycles. The Morgan fingerprint density at radius 3 is 2.46 bits per heavy atom. The summed E-state index contributed by atoms with van der Waals surface area (Å²) in [6.07, 6.45) is 0.584. The molecular formula is C21H19NO4S2. The molecule has 1 aliphatic rings. The zero-order chi connectivity index (χ0) is 20.4. The van der Waals surface area contributed by atoms with Crippen LogP contribution in [0.15, 0.2) is 47.9 Å². The number of phenols is 1. The fourth-order valence-corrected chi connectivity index (χ4v) is 4.13. The molecule has 0 atom stereocenters. The van der Waals surface area contributed by atoms with Crippen LogP contribution in [-0.4, -0.2) is 21.1 Å². The molecule has 7 heteroatoms. The van der Waals surface area contributed by atoms with Crippen LogP contribution in [0.4, 0.5) is 5.69 Å². The molecule has 1 aliphatic heterocycles. The second kappa shape index (κ2) is 8.16. The van der Waals surface area contributed by atoms with Gasteiger partial charge in [-0.05, 0) is 49.2 Å². The van der Waals surface area contributed by atoms with Gasteiger partial charge in [0, 0.05) is 5.56 Å². The third kappa shape index (κ3) is 3.81. The van der Waals surface area contributed by atoms with E-state index in [1.54, 1.807) is 36.4 Å². The smallest absolute Gasteiger partial charge is 0.270 e. The molecular weight excluding hydrogens is 394 g/mol. The Balaban J connectivity index is 1.75. The summed E-state index contributed by atoms with van der Waals surface area (Å²) in [6, 6.07) is 10.4. The van der Waals surface area contributed by atoms with Crippen molar-refractivity contribution in [1.29, 1.82) is 0 Å². The van der Waals surface area contributed by atoms with E-state index in [2.05, 4.69) is 6.58 Å². The molecule has 1 heterocycles. The van der Waals surface area contributed by atoms with E-state index < -0.39 is 0 Å². The largest absolute Gasteiger partial charge is 0.507 e. The van der Waals surface area contributed by atoms with Crippen LogP contribution >= 0.6 is 24.0 Å². The number of carbonyl (C=O) groups is 2. The van der Waals surface area contributed by atoms with Crippen LogP contribution in [0.2, 0.25) is 0 Å². The van der Waals surface area contributed by atoms with Crippen molar-refractivity contribution in [2.45, 2.75) is 26.9 Å². The van der Waals surface area contributed by atoms with Gasteiger partial charge in [0.2, 0.25) is 0 Å². The molecule has 3 rings (SSSR count). The van der Waals surface area contributed by atoms with E-state index in [1.807, 2.05) is 6.92 Å². The average molecular weight is 414 g/mol. The Labute approximate surface area is 173 Å². The van der Waals surface area contributed by atoms with Crippen molar-refractivity contribution in [2.75, 3.05) is 4.90 Å². The first-order chi connectivity index (χ1) is 13.3. The first-order valence-electron chi connectivity index (χ1n) is 8.66. The van der Waals surface area contributed by atoms with Gasteiger partial charge in [-0.2, -0.15) is 0 Å². The predicted molar refractivity (Wildman–Crippen MR) is 115 cm³/mol. The quantitative estimate of drug-likeness (QED) is 0.424. The lowest BCUT2D eigenvalue weighted by atomic mass is 9.99. The highest BCUT2D eigenvalue weighted by molar-refractivity contribution is 8.27. The fraction of sp³-hybridized carbons (Fsp3) is 0.190. The maximum atomic E-state index is 12.1. The number of ether oxygens (including phenoxy) is 1. The van der Waals surface area contributed by atoms with Crippen LogP contribution < -0.4 is 9.64 Å². The minimum absolute atomic E-state index is 0.0187. The Morgan fingerprint density at radius 1 is 1.25 bits per heavy atom. The third-order valence-electron chi connectivity index (χ3n) is 4.44. The van der Waals surface area contributed by atoms with Crippen molar-refractivity contribution in [1.82, 2.24) is 0 Å². The molecule has 1 N–H and O–H groups in total. The first kappa shape index (κ1) is 20.1. The van der Waals surface area contributed by atoms with Gasteiger partial charge in [0.05, 0.1) is 16.2 Å². The van der Waals surface area contributed by atoms with E-state index in [4.69, 9.17) is 17.0 Å². The number of hydrogen-bond acceptors (Lipinski definition) is 6. The minimum Gasteiger partial charge on any atom is -0.507 e. The van der Waals surface area contributed by atoms with Crippen molar-refractivity contribution in [2.24, 2.45) is 0 Å². The maximum Gasteiger partial charge on any atom is 0.270 e. The highest BCUT2D eigenvalue weighted by Crippen LogP contribution is 2.34. The average Bonchev–Trinajstić information content (AvgIpc) is 2.92. The molecule has 2 aromatic carbocycles. The summed E-state index contributed by atoms with van der Waals surface area (Å²) in [5.41, 5.74) is 2.49. The van der Waals surface area contributed by atoms with Gasteiger partial charge in [-0.25, -0.2) is 0 Å². The van der Waals surface area contributed by atoms with Gasteiger partial charge in [-0.15, -0.1) is 0 Å². The summed E-state index contributed by atoms with van der Waals surface area (Å²) in [7, 11) is 0. The number of hydrogen-bond donors (Lipinski definition) is 1. The molecule has 1 fully saturated rings. The number of amides is 1. The molecule has 0 bridgehead atoms. The molecule has 0 spiro atoms. The fourth-order valence-electron chi connectivity index (χ4n) is 2.97. The summed E-state index contributed by atoms with van der Waals surface area (Å²) >= 11 is 6.41. The van der Waals surface area contributed by atoms with Crippen LogP contribution in [0.5, 0.6) is 11.5 Å². The lowest BCUT2D eigenvalue weighted by Gasteiger charge is -2.16. The second-order valence-corrected chi connectivity index (χ2v) is 7.95. The number of anilines is 1. The van der Waals surface area contributed by atoms with Crippen molar-refractivity contribution < 1.29 is 19.4 Å². The van der Waals surface area contributed by atoms with E-state index in [1.165, 1.54) is 23.6 Å². The lowest BCUT2D eigenvalue weighted by Crippen LogP contribution is -2.27. The number of thiocarbonyl (C=S) groups is 1. The molecule has 144 valence electrons.